The van der Waals surface area contributed by atoms with Gasteiger partial charge in [-0.25, -0.2) is 0 Å². The second kappa shape index (κ2) is 4.30. The summed E-state index contributed by atoms with van der Waals surface area (Å²) >= 11 is 0. The Morgan fingerprint density at radius 1 is 1.56 bits per heavy atom. The maximum absolute atomic E-state index is 10.3. The Morgan fingerprint density at radius 3 is 2.22 bits per heavy atom. The topological polar surface area (TPSA) is 17.1 Å². The molecule has 0 spiro atoms. The Labute approximate surface area is 56.8 Å². The average Bonchev–Trinajstić information content (AvgIpc) is 1.82. The first-order valence-corrected chi connectivity index (χ1v) is 3.37. The minimum absolute atomic E-state index is 0.377. The molecule has 1 nitrogen and oxygen atoms in total. The Balaban J connectivity index is 3.97. The SMILES string of the molecule is CCC=C(C=O)C(C)C. The molecular weight excluding hydrogens is 112 g/mol. The third-order valence-electron chi connectivity index (χ3n) is 1.24. The molecule has 0 aliphatic carbocycles. The zero-order valence-electron chi connectivity index (χ0n) is 6.35. The summed E-state index contributed by atoms with van der Waals surface area (Å²) in [7, 11) is 0. The van der Waals surface area contributed by atoms with E-state index in [9.17, 15) is 4.79 Å². The van der Waals surface area contributed by atoms with Gasteiger partial charge in [-0.05, 0) is 17.9 Å². The van der Waals surface area contributed by atoms with E-state index in [0.717, 1.165) is 18.3 Å². The highest BCUT2D eigenvalue weighted by Crippen LogP contribution is 2.06. The van der Waals surface area contributed by atoms with Gasteiger partial charge < -0.3 is 0 Å². The number of hydrogen-bond acceptors (Lipinski definition) is 1. The predicted molar refractivity (Wildman–Crippen MR) is 39.3 cm³/mol. The lowest BCUT2D eigenvalue weighted by molar-refractivity contribution is -0.105. The van der Waals surface area contributed by atoms with Gasteiger partial charge in [-0.1, -0.05) is 26.8 Å². The summed E-state index contributed by atoms with van der Waals surface area (Å²) in [5, 5.41) is 0. The lowest BCUT2D eigenvalue weighted by Gasteiger charge is -2.00. The lowest BCUT2D eigenvalue weighted by atomic mass is 10.0. The first-order chi connectivity index (χ1) is 4.22. The predicted octanol–water partition coefficient (Wildman–Crippen LogP) is 2.18. The first-order valence-electron chi connectivity index (χ1n) is 3.37. The van der Waals surface area contributed by atoms with Gasteiger partial charge in [0.2, 0.25) is 0 Å². The zero-order chi connectivity index (χ0) is 7.28. The second-order valence-corrected chi connectivity index (χ2v) is 2.38. The van der Waals surface area contributed by atoms with Crippen molar-refractivity contribution in [2.75, 3.05) is 0 Å². The van der Waals surface area contributed by atoms with Crippen molar-refractivity contribution in [1.29, 1.82) is 0 Å². The van der Waals surface area contributed by atoms with Crippen LogP contribution in [-0.4, -0.2) is 6.29 Å². The summed E-state index contributed by atoms with van der Waals surface area (Å²) in [6.07, 6.45) is 3.86. The summed E-state index contributed by atoms with van der Waals surface area (Å²) in [6, 6.07) is 0. The van der Waals surface area contributed by atoms with E-state index in [1.807, 2.05) is 26.8 Å². The lowest BCUT2D eigenvalue weighted by Crippen LogP contribution is -1.94. The Kier molecular flexibility index (Phi) is 4.02. The van der Waals surface area contributed by atoms with Crippen LogP contribution < -0.4 is 0 Å². The van der Waals surface area contributed by atoms with Crippen LogP contribution in [0.25, 0.3) is 0 Å². The molecule has 0 aromatic carbocycles. The van der Waals surface area contributed by atoms with Gasteiger partial charge >= 0.3 is 0 Å². The van der Waals surface area contributed by atoms with E-state index >= 15 is 0 Å². The van der Waals surface area contributed by atoms with Crippen LogP contribution in [0.15, 0.2) is 11.6 Å². The van der Waals surface area contributed by atoms with Crippen LogP contribution in [-0.2, 0) is 4.79 Å². The molecule has 52 valence electrons. The molecule has 0 heterocycles. The van der Waals surface area contributed by atoms with Crippen molar-refractivity contribution in [3.05, 3.63) is 11.6 Å². The quantitative estimate of drug-likeness (QED) is 0.418. The fourth-order valence-electron chi connectivity index (χ4n) is 0.656. The fraction of sp³-hybridized carbons (Fsp3) is 0.625. The summed E-state index contributed by atoms with van der Waals surface area (Å²) in [5.74, 6) is 0.377. The maximum Gasteiger partial charge on any atom is 0.145 e. The van der Waals surface area contributed by atoms with Crippen molar-refractivity contribution >= 4 is 6.29 Å². The normalized spacial score (nSPS) is 12.2. The van der Waals surface area contributed by atoms with E-state index in [-0.39, 0.29) is 0 Å². The number of carbonyl (C=O) groups is 1. The van der Waals surface area contributed by atoms with Gasteiger partial charge in [0.05, 0.1) is 0 Å². The molecule has 1 heteroatoms. The smallest absolute Gasteiger partial charge is 0.145 e. The highest BCUT2D eigenvalue weighted by molar-refractivity contribution is 5.73. The summed E-state index contributed by atoms with van der Waals surface area (Å²) in [4.78, 5) is 10.3. The Bertz CT molecular complexity index is 112. The Morgan fingerprint density at radius 2 is 2.11 bits per heavy atom. The number of carbonyl (C=O) groups excluding carboxylic acids is 1. The second-order valence-electron chi connectivity index (χ2n) is 2.38. The van der Waals surface area contributed by atoms with E-state index in [1.54, 1.807) is 0 Å². The van der Waals surface area contributed by atoms with Crippen LogP contribution in [0.4, 0.5) is 0 Å². The van der Waals surface area contributed by atoms with Crippen molar-refractivity contribution in [3.63, 3.8) is 0 Å². The van der Waals surface area contributed by atoms with Gasteiger partial charge in [-0.2, -0.15) is 0 Å². The maximum atomic E-state index is 10.3. The minimum atomic E-state index is 0.377. The minimum Gasteiger partial charge on any atom is -0.298 e. The van der Waals surface area contributed by atoms with E-state index in [2.05, 4.69) is 0 Å². The molecule has 0 bridgehead atoms. The van der Waals surface area contributed by atoms with E-state index in [0.29, 0.717) is 5.92 Å². The average molecular weight is 126 g/mol. The van der Waals surface area contributed by atoms with Crippen molar-refractivity contribution in [2.45, 2.75) is 27.2 Å². The molecule has 0 aromatic rings. The summed E-state index contributed by atoms with van der Waals surface area (Å²) < 4.78 is 0. The van der Waals surface area contributed by atoms with Crippen LogP contribution in [0.2, 0.25) is 0 Å². The monoisotopic (exact) mass is 126 g/mol. The molecule has 0 fully saturated rings. The van der Waals surface area contributed by atoms with Gasteiger partial charge in [0, 0.05) is 0 Å². The van der Waals surface area contributed by atoms with E-state index in [1.165, 1.54) is 0 Å². The highest BCUT2D eigenvalue weighted by atomic mass is 16.1. The zero-order valence-corrected chi connectivity index (χ0v) is 6.35. The molecule has 0 saturated carbocycles. The molecule has 0 atom stereocenters. The largest absolute Gasteiger partial charge is 0.298 e. The molecule has 9 heavy (non-hydrogen) atoms. The molecule has 0 aliphatic heterocycles. The van der Waals surface area contributed by atoms with Crippen molar-refractivity contribution in [1.82, 2.24) is 0 Å². The van der Waals surface area contributed by atoms with E-state index < -0.39 is 0 Å². The third kappa shape index (κ3) is 3.07. The van der Waals surface area contributed by atoms with Crippen LogP contribution in [0.1, 0.15) is 27.2 Å². The van der Waals surface area contributed by atoms with Crippen molar-refractivity contribution in [3.8, 4) is 0 Å². The summed E-state index contributed by atoms with van der Waals surface area (Å²) in [6.45, 7) is 6.08. The highest BCUT2D eigenvalue weighted by Gasteiger charge is 1.97. The Hall–Kier alpha value is -0.590. The molecule has 0 N–H and O–H groups in total. The van der Waals surface area contributed by atoms with Gasteiger partial charge in [0.1, 0.15) is 6.29 Å². The van der Waals surface area contributed by atoms with Gasteiger partial charge in [0.25, 0.3) is 0 Å². The number of aldehydes is 1. The van der Waals surface area contributed by atoms with Gasteiger partial charge in [0.15, 0.2) is 0 Å². The molecule has 0 radical (unpaired) electrons. The molecule has 0 aromatic heterocycles. The number of allylic oxidation sites excluding steroid dienone is 2. The first kappa shape index (κ1) is 8.41. The molecule has 0 aliphatic rings. The van der Waals surface area contributed by atoms with Crippen LogP contribution >= 0.6 is 0 Å². The van der Waals surface area contributed by atoms with Gasteiger partial charge in [-0.3, -0.25) is 4.79 Å². The third-order valence-corrected chi connectivity index (χ3v) is 1.24. The number of rotatable bonds is 3. The molecule has 0 unspecified atom stereocenters. The van der Waals surface area contributed by atoms with Gasteiger partial charge in [-0.15, -0.1) is 0 Å². The van der Waals surface area contributed by atoms with Crippen LogP contribution in [0, 0.1) is 5.92 Å². The van der Waals surface area contributed by atoms with Crippen molar-refractivity contribution < 1.29 is 4.79 Å². The van der Waals surface area contributed by atoms with Crippen LogP contribution in [0.3, 0.4) is 0 Å². The molecule has 0 saturated heterocycles. The molecular formula is C8H14O. The molecule has 0 rings (SSSR count). The number of hydrogen-bond donors (Lipinski definition) is 0. The summed E-state index contributed by atoms with van der Waals surface area (Å²) in [5.41, 5.74) is 0.914. The molecule has 0 amide bonds. The van der Waals surface area contributed by atoms with E-state index in [4.69, 9.17) is 0 Å². The standard InChI is InChI=1S/C8H14O/c1-4-5-8(6-9)7(2)3/h5-7H,4H2,1-3H3. The van der Waals surface area contributed by atoms with Crippen molar-refractivity contribution in [2.24, 2.45) is 5.92 Å². The fourth-order valence-corrected chi connectivity index (χ4v) is 0.656. The van der Waals surface area contributed by atoms with Crippen LogP contribution in [0.5, 0.6) is 0 Å².